The average molecular weight is 443 g/mol. The summed E-state index contributed by atoms with van der Waals surface area (Å²) in [5.74, 6) is 0.287. The molecule has 0 radical (unpaired) electrons. The molecule has 0 aliphatic carbocycles. The molecule has 3 rings (SSSR count). The van der Waals surface area contributed by atoms with E-state index >= 15 is 0 Å². The quantitative estimate of drug-likeness (QED) is 0.506. The van der Waals surface area contributed by atoms with Crippen molar-refractivity contribution in [3.05, 3.63) is 64.6 Å². The number of para-hydroxylation sites is 1. The van der Waals surface area contributed by atoms with E-state index in [4.69, 9.17) is 17.0 Å². The highest BCUT2D eigenvalue weighted by Gasteiger charge is 2.38. The predicted molar refractivity (Wildman–Crippen MR) is 122 cm³/mol. The molecule has 0 aromatic heterocycles. The fourth-order valence-corrected chi connectivity index (χ4v) is 4.41. The van der Waals surface area contributed by atoms with Crippen molar-refractivity contribution >= 4 is 46.2 Å². The molecule has 0 spiro atoms. The van der Waals surface area contributed by atoms with Gasteiger partial charge in [0.25, 0.3) is 5.91 Å². The molecule has 2 aromatic carbocycles. The number of benzene rings is 2. The molecule has 156 valence electrons. The number of hydrogen-bond acceptors (Lipinski definition) is 6. The van der Waals surface area contributed by atoms with Crippen LogP contribution in [0.15, 0.2) is 53.4 Å². The third-order valence-electron chi connectivity index (χ3n) is 4.67. The highest BCUT2D eigenvalue weighted by Crippen LogP contribution is 2.35. The van der Waals surface area contributed by atoms with E-state index in [2.05, 4.69) is 5.32 Å². The lowest BCUT2D eigenvalue weighted by atomic mass is 10.1. The number of carbonyl (C=O) groups excluding carboxylic acids is 2. The van der Waals surface area contributed by atoms with Crippen molar-refractivity contribution in [3.63, 3.8) is 0 Å². The molecule has 1 aliphatic heterocycles. The Labute approximate surface area is 184 Å². The molecule has 2 aromatic rings. The summed E-state index contributed by atoms with van der Waals surface area (Å²) in [7, 11) is 1.57. The first-order valence-corrected chi connectivity index (χ1v) is 10.6. The maximum atomic E-state index is 12.9. The number of aromatic hydroxyl groups is 1. The Morgan fingerprint density at radius 1 is 1.27 bits per heavy atom. The van der Waals surface area contributed by atoms with Crippen molar-refractivity contribution in [1.82, 2.24) is 10.2 Å². The molecule has 0 bridgehead atoms. The maximum absolute atomic E-state index is 12.9. The van der Waals surface area contributed by atoms with Crippen molar-refractivity contribution in [2.75, 3.05) is 13.7 Å². The van der Waals surface area contributed by atoms with Gasteiger partial charge in [-0.15, -0.1) is 0 Å². The number of phenolic OH excluding ortho intramolecular Hbond substituents is 1. The highest BCUT2D eigenvalue weighted by atomic mass is 32.2. The molecule has 1 atom stereocenters. The lowest BCUT2D eigenvalue weighted by Crippen LogP contribution is -2.47. The highest BCUT2D eigenvalue weighted by molar-refractivity contribution is 8.26. The van der Waals surface area contributed by atoms with E-state index in [0.717, 1.165) is 11.1 Å². The van der Waals surface area contributed by atoms with Crippen LogP contribution in [-0.4, -0.2) is 45.8 Å². The fraction of sp³-hybridized carbons (Fsp3) is 0.227. The fourth-order valence-electron chi connectivity index (χ4n) is 3.00. The van der Waals surface area contributed by atoms with Gasteiger partial charge in [-0.25, -0.2) is 0 Å². The monoisotopic (exact) mass is 442 g/mol. The van der Waals surface area contributed by atoms with E-state index < -0.39 is 6.04 Å². The third kappa shape index (κ3) is 5.01. The second kappa shape index (κ2) is 9.77. The number of phenols is 1. The van der Waals surface area contributed by atoms with Crippen molar-refractivity contribution in [1.29, 1.82) is 0 Å². The Kier molecular flexibility index (Phi) is 7.12. The standard InChI is InChI=1S/C22H22N2O4S2/c1-14(20(26)23-12-11-15-7-9-17(25)10-8-15)24-21(27)19(30-22(24)29)13-16-5-3-4-6-18(16)28-2/h3-10,13-14,25H,11-12H2,1-2H3,(H,23,26)/b19-13-/t14-/m1/s1. The van der Waals surface area contributed by atoms with Crippen LogP contribution in [0.3, 0.4) is 0 Å². The molecule has 0 saturated carbocycles. The van der Waals surface area contributed by atoms with Crippen LogP contribution in [0.1, 0.15) is 18.1 Å². The first-order valence-electron chi connectivity index (χ1n) is 9.36. The number of hydrogen-bond donors (Lipinski definition) is 2. The minimum absolute atomic E-state index is 0.201. The largest absolute Gasteiger partial charge is 0.508 e. The van der Waals surface area contributed by atoms with Crippen LogP contribution in [0.2, 0.25) is 0 Å². The van der Waals surface area contributed by atoms with Gasteiger partial charge in [-0.2, -0.15) is 0 Å². The summed E-state index contributed by atoms with van der Waals surface area (Å²) < 4.78 is 5.68. The number of amides is 2. The van der Waals surface area contributed by atoms with E-state index in [1.54, 1.807) is 44.4 Å². The Morgan fingerprint density at radius 3 is 2.67 bits per heavy atom. The van der Waals surface area contributed by atoms with Crippen LogP contribution in [0.4, 0.5) is 0 Å². The number of nitrogens with zero attached hydrogens (tertiary/aromatic N) is 1. The van der Waals surface area contributed by atoms with Crippen LogP contribution < -0.4 is 10.1 Å². The zero-order chi connectivity index (χ0) is 21.7. The van der Waals surface area contributed by atoms with Gasteiger partial charge in [0.2, 0.25) is 5.91 Å². The molecule has 1 aliphatic rings. The van der Waals surface area contributed by atoms with E-state index in [0.29, 0.717) is 27.9 Å². The summed E-state index contributed by atoms with van der Waals surface area (Å²) in [5.41, 5.74) is 1.76. The third-order valence-corrected chi connectivity index (χ3v) is 6.00. The van der Waals surface area contributed by atoms with Crippen LogP contribution in [0, 0.1) is 0 Å². The van der Waals surface area contributed by atoms with Gasteiger partial charge in [0.15, 0.2) is 0 Å². The van der Waals surface area contributed by atoms with Gasteiger partial charge >= 0.3 is 0 Å². The normalized spacial score (nSPS) is 16.1. The molecule has 0 unspecified atom stereocenters. The zero-order valence-corrected chi connectivity index (χ0v) is 18.3. The molecule has 2 amide bonds. The van der Waals surface area contributed by atoms with Gasteiger partial charge in [-0.1, -0.05) is 54.3 Å². The van der Waals surface area contributed by atoms with Crippen LogP contribution in [-0.2, 0) is 16.0 Å². The molecule has 2 N–H and O–H groups in total. The Bertz CT molecular complexity index is 989. The van der Waals surface area contributed by atoms with Gasteiger partial charge in [-0.3, -0.25) is 14.5 Å². The number of ether oxygens (including phenoxy) is 1. The number of methoxy groups -OCH3 is 1. The van der Waals surface area contributed by atoms with Crippen molar-refractivity contribution in [2.24, 2.45) is 0 Å². The molecule has 1 fully saturated rings. The van der Waals surface area contributed by atoms with E-state index in [1.807, 2.05) is 24.3 Å². The summed E-state index contributed by atoms with van der Waals surface area (Å²) in [6.45, 7) is 2.08. The summed E-state index contributed by atoms with van der Waals surface area (Å²) in [6, 6.07) is 13.5. The molecule has 1 saturated heterocycles. The second-order valence-corrected chi connectivity index (χ2v) is 8.35. The van der Waals surface area contributed by atoms with Gasteiger partial charge in [0.05, 0.1) is 12.0 Å². The first kappa shape index (κ1) is 21.9. The van der Waals surface area contributed by atoms with Crippen molar-refractivity contribution < 1.29 is 19.4 Å². The number of carbonyl (C=O) groups is 2. The average Bonchev–Trinajstić information content (AvgIpc) is 3.02. The number of thioether (sulfide) groups is 1. The summed E-state index contributed by atoms with van der Waals surface area (Å²) in [4.78, 5) is 27.3. The number of rotatable bonds is 7. The Hall–Kier alpha value is -2.84. The topological polar surface area (TPSA) is 78.9 Å². The summed E-state index contributed by atoms with van der Waals surface area (Å²) in [6.07, 6.45) is 2.35. The van der Waals surface area contributed by atoms with Crippen molar-refractivity contribution in [3.8, 4) is 11.5 Å². The van der Waals surface area contributed by atoms with E-state index in [-0.39, 0.29) is 17.6 Å². The Balaban J connectivity index is 1.63. The smallest absolute Gasteiger partial charge is 0.266 e. The maximum Gasteiger partial charge on any atom is 0.266 e. The van der Waals surface area contributed by atoms with Gasteiger partial charge in [-0.05, 0) is 43.2 Å². The van der Waals surface area contributed by atoms with Gasteiger partial charge in [0, 0.05) is 12.1 Å². The second-order valence-electron chi connectivity index (χ2n) is 6.68. The minimum Gasteiger partial charge on any atom is -0.508 e. The predicted octanol–water partition coefficient (Wildman–Crippen LogP) is 3.35. The van der Waals surface area contributed by atoms with E-state index in [1.165, 1.54) is 16.7 Å². The lowest BCUT2D eigenvalue weighted by molar-refractivity contribution is -0.132. The Morgan fingerprint density at radius 2 is 1.97 bits per heavy atom. The number of thiocarbonyl (C=S) groups is 1. The molecule has 8 heteroatoms. The van der Waals surface area contributed by atoms with Gasteiger partial charge < -0.3 is 15.2 Å². The first-order chi connectivity index (χ1) is 14.4. The summed E-state index contributed by atoms with van der Waals surface area (Å²) >= 11 is 6.53. The molecule has 6 nitrogen and oxygen atoms in total. The van der Waals surface area contributed by atoms with Gasteiger partial charge in [0.1, 0.15) is 21.9 Å². The lowest BCUT2D eigenvalue weighted by Gasteiger charge is -2.22. The number of nitrogens with one attached hydrogen (secondary N) is 1. The van der Waals surface area contributed by atoms with Crippen LogP contribution in [0.5, 0.6) is 11.5 Å². The van der Waals surface area contributed by atoms with Crippen LogP contribution in [0.25, 0.3) is 6.08 Å². The van der Waals surface area contributed by atoms with E-state index in [9.17, 15) is 14.7 Å². The SMILES string of the molecule is COc1ccccc1/C=C1\SC(=S)N([C@H](C)C(=O)NCCc2ccc(O)cc2)C1=O. The molecular formula is C22H22N2O4S2. The molecule has 1 heterocycles. The zero-order valence-electron chi connectivity index (χ0n) is 16.6. The van der Waals surface area contributed by atoms with Crippen LogP contribution >= 0.6 is 24.0 Å². The molecule has 30 heavy (non-hydrogen) atoms. The molecular weight excluding hydrogens is 420 g/mol. The minimum atomic E-state index is -0.721. The summed E-state index contributed by atoms with van der Waals surface area (Å²) in [5, 5.41) is 12.2. The van der Waals surface area contributed by atoms with Crippen molar-refractivity contribution in [2.45, 2.75) is 19.4 Å².